The maximum atomic E-state index is 12.8. The van der Waals surface area contributed by atoms with Gasteiger partial charge in [0.2, 0.25) is 0 Å². The fourth-order valence-electron chi connectivity index (χ4n) is 2.54. The first-order valence-corrected chi connectivity index (χ1v) is 7.05. The lowest BCUT2D eigenvalue weighted by atomic mass is 10.2. The second kappa shape index (κ2) is 5.95. The Morgan fingerprint density at radius 1 is 1.10 bits per heavy atom. The number of halogens is 1. The first kappa shape index (κ1) is 13.6. The number of para-hydroxylation sites is 1. The monoisotopic (exact) mass is 284 g/mol. The van der Waals surface area contributed by atoms with Crippen molar-refractivity contribution >= 4 is 11.5 Å². The largest absolute Gasteiger partial charge is 0.494 e. The van der Waals surface area contributed by atoms with Crippen molar-refractivity contribution in [2.75, 3.05) is 18.1 Å². The topological polar surface area (TPSA) is 36.3 Å². The van der Waals surface area contributed by atoms with Crippen LogP contribution in [0.25, 0.3) is 0 Å². The van der Waals surface area contributed by atoms with Gasteiger partial charge in [-0.05, 0) is 42.3 Å². The molecule has 1 N–H and O–H groups in total. The summed E-state index contributed by atoms with van der Waals surface area (Å²) >= 11 is 0. The van der Waals surface area contributed by atoms with Gasteiger partial charge in [-0.3, -0.25) is 5.41 Å². The molecule has 0 bridgehead atoms. The molecule has 0 radical (unpaired) electrons. The van der Waals surface area contributed by atoms with Gasteiger partial charge in [0.05, 0.1) is 6.61 Å². The predicted molar refractivity (Wildman–Crippen MR) is 81.7 cm³/mol. The number of nitrogens with one attached hydrogen (secondary N) is 1. The number of fused-ring (bicyclic) bond motifs is 1. The summed E-state index contributed by atoms with van der Waals surface area (Å²) in [7, 11) is 0. The van der Waals surface area contributed by atoms with Crippen LogP contribution >= 0.6 is 0 Å². The summed E-state index contributed by atoms with van der Waals surface area (Å²) in [6.07, 6.45) is 1.52. The molecule has 1 heterocycles. The molecule has 21 heavy (non-hydrogen) atoms. The van der Waals surface area contributed by atoms with Crippen LogP contribution in [-0.4, -0.2) is 19.0 Å². The van der Waals surface area contributed by atoms with E-state index in [0.29, 0.717) is 24.6 Å². The van der Waals surface area contributed by atoms with Gasteiger partial charge >= 0.3 is 0 Å². The van der Waals surface area contributed by atoms with E-state index in [9.17, 15) is 4.39 Å². The fraction of sp³-hybridized carbons (Fsp3) is 0.235. The van der Waals surface area contributed by atoms with Gasteiger partial charge in [-0.25, -0.2) is 4.39 Å². The van der Waals surface area contributed by atoms with Crippen LogP contribution in [0, 0.1) is 11.2 Å². The fourth-order valence-corrected chi connectivity index (χ4v) is 2.54. The van der Waals surface area contributed by atoms with Gasteiger partial charge in [0.15, 0.2) is 0 Å². The summed E-state index contributed by atoms with van der Waals surface area (Å²) in [5.41, 5.74) is 2.34. The molecule has 1 aliphatic heterocycles. The average Bonchev–Trinajstić information content (AvgIpc) is 2.81. The molecule has 3 nitrogen and oxygen atoms in total. The number of rotatable bonds is 5. The normalized spacial score (nSPS) is 13.4. The summed E-state index contributed by atoms with van der Waals surface area (Å²) in [5, 5.41) is 8.06. The maximum absolute atomic E-state index is 12.8. The van der Waals surface area contributed by atoms with E-state index >= 15 is 0 Å². The zero-order chi connectivity index (χ0) is 14.7. The Bertz CT molecular complexity index is 639. The van der Waals surface area contributed by atoms with E-state index < -0.39 is 0 Å². The Labute approximate surface area is 123 Å². The molecule has 2 aromatic carbocycles. The second-order valence-electron chi connectivity index (χ2n) is 5.06. The lowest BCUT2D eigenvalue weighted by molar-refractivity contribution is 0.313. The van der Waals surface area contributed by atoms with Crippen molar-refractivity contribution in [1.29, 1.82) is 5.41 Å². The van der Waals surface area contributed by atoms with Crippen molar-refractivity contribution in [3.8, 4) is 5.75 Å². The molecule has 108 valence electrons. The Morgan fingerprint density at radius 3 is 2.67 bits per heavy atom. The van der Waals surface area contributed by atoms with Crippen LogP contribution in [0.5, 0.6) is 5.75 Å². The molecule has 0 saturated heterocycles. The highest BCUT2D eigenvalue weighted by Crippen LogP contribution is 2.28. The number of hydrogen-bond donors (Lipinski definition) is 1. The summed E-state index contributed by atoms with van der Waals surface area (Å²) in [6.45, 7) is 1.31. The highest BCUT2D eigenvalue weighted by Gasteiger charge is 2.22. The zero-order valence-corrected chi connectivity index (χ0v) is 11.7. The van der Waals surface area contributed by atoms with Crippen molar-refractivity contribution < 1.29 is 9.13 Å². The quantitative estimate of drug-likeness (QED) is 0.851. The minimum atomic E-state index is -0.260. The number of ether oxygens (including phenoxy) is 1. The standard InChI is InChI=1S/C17H17FN2O/c18-14-6-8-15(9-7-14)21-11-3-10-20-16-5-2-1-4-13(16)12-17(20)19/h1-2,4-9,19H,3,10-12H2. The van der Waals surface area contributed by atoms with Gasteiger partial charge < -0.3 is 9.64 Å². The first-order valence-electron chi connectivity index (χ1n) is 7.05. The van der Waals surface area contributed by atoms with Crippen LogP contribution in [0.15, 0.2) is 48.5 Å². The van der Waals surface area contributed by atoms with Gasteiger partial charge in [-0.1, -0.05) is 18.2 Å². The highest BCUT2D eigenvalue weighted by atomic mass is 19.1. The van der Waals surface area contributed by atoms with Crippen LogP contribution in [0.1, 0.15) is 12.0 Å². The number of hydrogen-bond acceptors (Lipinski definition) is 2. The van der Waals surface area contributed by atoms with Crippen LogP contribution < -0.4 is 9.64 Å². The zero-order valence-electron chi connectivity index (χ0n) is 11.7. The molecule has 0 aromatic heterocycles. The number of benzene rings is 2. The van der Waals surface area contributed by atoms with Gasteiger partial charge in [-0.2, -0.15) is 0 Å². The molecule has 4 heteroatoms. The first-order chi connectivity index (χ1) is 10.2. The Hall–Kier alpha value is -2.36. The summed E-state index contributed by atoms with van der Waals surface area (Å²) in [6, 6.07) is 14.2. The summed E-state index contributed by atoms with van der Waals surface area (Å²) < 4.78 is 18.4. The number of anilines is 1. The van der Waals surface area contributed by atoms with Crippen LogP contribution in [0.4, 0.5) is 10.1 Å². The Morgan fingerprint density at radius 2 is 1.86 bits per heavy atom. The number of amidine groups is 1. The molecule has 0 atom stereocenters. The third kappa shape index (κ3) is 3.05. The minimum absolute atomic E-state index is 0.260. The van der Waals surface area contributed by atoms with E-state index in [2.05, 4.69) is 12.1 Å². The Balaban J connectivity index is 1.52. The molecule has 0 spiro atoms. The highest BCUT2D eigenvalue weighted by molar-refractivity contribution is 6.03. The van der Waals surface area contributed by atoms with Gasteiger partial charge in [-0.15, -0.1) is 0 Å². The van der Waals surface area contributed by atoms with Crippen LogP contribution in [-0.2, 0) is 6.42 Å². The third-order valence-corrected chi connectivity index (χ3v) is 3.57. The molecule has 0 saturated carbocycles. The van der Waals surface area contributed by atoms with E-state index in [0.717, 1.165) is 18.7 Å². The lowest BCUT2D eigenvalue weighted by Crippen LogP contribution is -2.28. The van der Waals surface area contributed by atoms with E-state index in [-0.39, 0.29) is 5.82 Å². The molecule has 0 amide bonds. The molecule has 2 aromatic rings. The van der Waals surface area contributed by atoms with E-state index in [1.165, 1.54) is 17.7 Å². The van der Waals surface area contributed by atoms with Crippen molar-refractivity contribution in [3.05, 3.63) is 59.9 Å². The van der Waals surface area contributed by atoms with E-state index in [4.69, 9.17) is 10.1 Å². The van der Waals surface area contributed by atoms with Crippen molar-refractivity contribution in [2.24, 2.45) is 0 Å². The van der Waals surface area contributed by atoms with Gasteiger partial charge in [0.1, 0.15) is 17.4 Å². The molecular weight excluding hydrogens is 267 g/mol. The average molecular weight is 284 g/mol. The van der Waals surface area contributed by atoms with Crippen molar-refractivity contribution in [3.63, 3.8) is 0 Å². The summed E-state index contributed by atoms with van der Waals surface area (Å²) in [5.74, 6) is 1.05. The molecule has 0 unspecified atom stereocenters. The molecule has 1 aliphatic rings. The third-order valence-electron chi connectivity index (χ3n) is 3.57. The Kier molecular flexibility index (Phi) is 3.86. The van der Waals surface area contributed by atoms with Crippen molar-refractivity contribution in [2.45, 2.75) is 12.8 Å². The van der Waals surface area contributed by atoms with Crippen molar-refractivity contribution in [1.82, 2.24) is 0 Å². The molecular formula is C17H17FN2O. The maximum Gasteiger partial charge on any atom is 0.123 e. The SMILES string of the molecule is N=C1Cc2ccccc2N1CCCOc1ccc(F)cc1. The van der Waals surface area contributed by atoms with E-state index in [1.807, 2.05) is 17.0 Å². The lowest BCUT2D eigenvalue weighted by Gasteiger charge is -2.19. The number of nitrogens with zero attached hydrogens (tertiary/aromatic N) is 1. The predicted octanol–water partition coefficient (Wildman–Crippen LogP) is 3.63. The smallest absolute Gasteiger partial charge is 0.123 e. The van der Waals surface area contributed by atoms with Crippen LogP contribution in [0.2, 0.25) is 0 Å². The molecule has 0 aliphatic carbocycles. The van der Waals surface area contributed by atoms with E-state index in [1.54, 1.807) is 12.1 Å². The molecule has 3 rings (SSSR count). The van der Waals surface area contributed by atoms with Gasteiger partial charge in [0.25, 0.3) is 0 Å². The molecule has 0 fully saturated rings. The minimum Gasteiger partial charge on any atom is -0.494 e. The van der Waals surface area contributed by atoms with Crippen LogP contribution in [0.3, 0.4) is 0 Å². The summed E-state index contributed by atoms with van der Waals surface area (Å²) in [4.78, 5) is 2.03. The van der Waals surface area contributed by atoms with Gasteiger partial charge in [0, 0.05) is 18.7 Å². The second-order valence-corrected chi connectivity index (χ2v) is 5.06.